The van der Waals surface area contributed by atoms with E-state index in [2.05, 4.69) is 5.32 Å². The highest BCUT2D eigenvalue weighted by Gasteiger charge is 2.64. The molecule has 0 aliphatic carbocycles. The second-order valence-corrected chi connectivity index (χ2v) is 9.54. The quantitative estimate of drug-likeness (QED) is 0.303. The molecule has 0 unspecified atom stereocenters. The van der Waals surface area contributed by atoms with Gasteiger partial charge < -0.3 is 10.1 Å². The molecule has 0 radical (unpaired) electrons. The summed E-state index contributed by atoms with van der Waals surface area (Å²) in [5.41, 5.74) is 0.429. The molecule has 5 rings (SSSR count). The van der Waals surface area contributed by atoms with Gasteiger partial charge in [0.1, 0.15) is 6.04 Å². The monoisotopic (exact) mass is 514 g/mol. The molecule has 2 saturated heterocycles. The summed E-state index contributed by atoms with van der Waals surface area (Å²) in [6.45, 7) is 1.64. The van der Waals surface area contributed by atoms with Crippen molar-refractivity contribution in [3.8, 4) is 0 Å². The number of amides is 2. The Morgan fingerprint density at radius 3 is 2.16 bits per heavy atom. The van der Waals surface area contributed by atoms with Crippen LogP contribution in [0.5, 0.6) is 0 Å². The van der Waals surface area contributed by atoms with Gasteiger partial charge in [0.15, 0.2) is 5.54 Å². The predicted octanol–water partition coefficient (Wildman–Crippen LogP) is 3.57. The summed E-state index contributed by atoms with van der Waals surface area (Å²) >= 11 is 0. The van der Waals surface area contributed by atoms with E-state index in [1.54, 1.807) is 49.4 Å². The number of carbonyl (C=O) groups excluding carboxylic acids is 3. The number of carbonyl (C=O) groups is 3. The first kappa shape index (κ1) is 25.1. The van der Waals surface area contributed by atoms with Crippen LogP contribution in [-0.2, 0) is 14.3 Å². The number of nitro groups is 1. The van der Waals surface area contributed by atoms with Gasteiger partial charge in [-0.05, 0) is 30.2 Å². The van der Waals surface area contributed by atoms with Gasteiger partial charge in [-0.25, -0.2) is 4.79 Å². The smallest absolute Gasteiger partial charge is 0.333 e. The van der Waals surface area contributed by atoms with Crippen LogP contribution in [0.1, 0.15) is 46.9 Å². The predicted molar refractivity (Wildman–Crippen MR) is 136 cm³/mol. The fourth-order valence-corrected chi connectivity index (χ4v) is 5.47. The molecule has 2 heterocycles. The number of hydrazine groups is 1. The zero-order chi connectivity index (χ0) is 27.0. The molecular weight excluding hydrogens is 488 g/mol. The van der Waals surface area contributed by atoms with Gasteiger partial charge in [0, 0.05) is 24.1 Å². The van der Waals surface area contributed by atoms with Crippen molar-refractivity contribution in [1.29, 1.82) is 0 Å². The third-order valence-corrected chi connectivity index (χ3v) is 7.26. The molecule has 3 aromatic rings. The van der Waals surface area contributed by atoms with Crippen molar-refractivity contribution in [3.05, 3.63) is 112 Å². The normalized spacial score (nSPS) is 24.6. The summed E-state index contributed by atoms with van der Waals surface area (Å²) in [5.74, 6) is -1.46. The van der Waals surface area contributed by atoms with Gasteiger partial charge >= 0.3 is 5.97 Å². The van der Waals surface area contributed by atoms with Crippen LogP contribution in [0.4, 0.5) is 5.69 Å². The Morgan fingerprint density at radius 2 is 1.58 bits per heavy atom. The van der Waals surface area contributed by atoms with Crippen LogP contribution in [0.2, 0.25) is 0 Å². The van der Waals surface area contributed by atoms with Crippen LogP contribution in [0, 0.1) is 10.1 Å². The Balaban J connectivity index is 1.63. The fraction of sp³-hybridized carbons (Fsp3) is 0.250. The maximum absolute atomic E-state index is 14.1. The molecule has 10 nitrogen and oxygen atoms in total. The minimum atomic E-state index is -1.36. The van der Waals surface area contributed by atoms with E-state index in [0.29, 0.717) is 11.1 Å². The highest BCUT2D eigenvalue weighted by atomic mass is 16.6. The Bertz CT molecular complexity index is 1380. The lowest BCUT2D eigenvalue weighted by atomic mass is 9.88. The SMILES string of the molecule is COC(=O)[C@@]1(C)C[C@H](c2ccc([N+](=O)[O-])cc2)N2[C@H](c3ccccc3)[C@@H](NC(=O)c3ccccc3)C(=O)N21. The number of rotatable bonds is 6. The summed E-state index contributed by atoms with van der Waals surface area (Å²) < 4.78 is 5.12. The Hall–Kier alpha value is -4.57. The molecule has 0 saturated carbocycles. The van der Waals surface area contributed by atoms with Crippen molar-refractivity contribution in [2.75, 3.05) is 7.11 Å². The number of fused-ring (bicyclic) bond motifs is 1. The zero-order valence-electron chi connectivity index (χ0n) is 20.8. The number of nitrogens with zero attached hydrogens (tertiary/aromatic N) is 3. The van der Waals surface area contributed by atoms with E-state index >= 15 is 0 Å². The highest BCUT2D eigenvalue weighted by Crippen LogP contribution is 2.52. The molecule has 2 aliphatic rings. The van der Waals surface area contributed by atoms with Crippen molar-refractivity contribution in [2.45, 2.75) is 37.0 Å². The number of nitro benzene ring substituents is 1. The van der Waals surface area contributed by atoms with E-state index < -0.39 is 46.4 Å². The summed E-state index contributed by atoms with van der Waals surface area (Å²) in [5, 5.41) is 17.3. The van der Waals surface area contributed by atoms with Crippen molar-refractivity contribution >= 4 is 23.5 Å². The van der Waals surface area contributed by atoms with Crippen molar-refractivity contribution in [2.24, 2.45) is 0 Å². The van der Waals surface area contributed by atoms with E-state index in [1.165, 1.54) is 24.3 Å². The molecule has 2 fully saturated rings. The number of non-ortho nitro benzene ring substituents is 1. The maximum atomic E-state index is 14.1. The van der Waals surface area contributed by atoms with E-state index in [9.17, 15) is 24.5 Å². The van der Waals surface area contributed by atoms with Gasteiger partial charge in [-0.15, -0.1) is 0 Å². The van der Waals surface area contributed by atoms with Crippen LogP contribution >= 0.6 is 0 Å². The topological polar surface area (TPSA) is 122 Å². The van der Waals surface area contributed by atoms with Gasteiger partial charge in [0.05, 0.1) is 24.1 Å². The second kappa shape index (κ2) is 9.71. The van der Waals surface area contributed by atoms with Crippen LogP contribution in [0.15, 0.2) is 84.9 Å². The van der Waals surface area contributed by atoms with Crippen molar-refractivity contribution in [3.63, 3.8) is 0 Å². The van der Waals surface area contributed by atoms with E-state index in [-0.39, 0.29) is 12.1 Å². The lowest BCUT2D eigenvalue weighted by Crippen LogP contribution is -2.54. The molecule has 38 heavy (non-hydrogen) atoms. The van der Waals surface area contributed by atoms with Gasteiger partial charge in [0.25, 0.3) is 17.5 Å². The second-order valence-electron chi connectivity index (χ2n) is 9.54. The van der Waals surface area contributed by atoms with Gasteiger partial charge in [-0.3, -0.25) is 24.7 Å². The average Bonchev–Trinajstić information content (AvgIpc) is 3.41. The summed E-state index contributed by atoms with van der Waals surface area (Å²) in [4.78, 5) is 51.1. The van der Waals surface area contributed by atoms with Crippen LogP contribution in [-0.4, -0.2) is 51.4 Å². The molecule has 194 valence electrons. The molecule has 3 aromatic carbocycles. The molecule has 10 heteroatoms. The van der Waals surface area contributed by atoms with E-state index in [0.717, 1.165) is 5.56 Å². The number of benzene rings is 3. The lowest BCUT2D eigenvalue weighted by Gasteiger charge is -2.34. The van der Waals surface area contributed by atoms with Gasteiger partial charge in [0.2, 0.25) is 0 Å². The molecule has 0 aromatic heterocycles. The Labute approximate surface area is 218 Å². The third kappa shape index (κ3) is 4.08. The van der Waals surface area contributed by atoms with Crippen LogP contribution in [0.25, 0.3) is 0 Å². The molecule has 2 amide bonds. The Morgan fingerprint density at radius 1 is 0.974 bits per heavy atom. The zero-order valence-corrected chi connectivity index (χ0v) is 20.8. The van der Waals surface area contributed by atoms with E-state index in [4.69, 9.17) is 4.74 Å². The van der Waals surface area contributed by atoms with Gasteiger partial charge in [-0.2, -0.15) is 5.01 Å². The average molecular weight is 515 g/mol. The van der Waals surface area contributed by atoms with Crippen molar-refractivity contribution in [1.82, 2.24) is 15.3 Å². The first-order valence-corrected chi connectivity index (χ1v) is 12.1. The number of hydrogen-bond donors (Lipinski definition) is 1. The molecular formula is C28H26N4O6. The number of methoxy groups -OCH3 is 1. The lowest BCUT2D eigenvalue weighted by molar-refractivity contribution is -0.384. The number of hydrogen-bond acceptors (Lipinski definition) is 7. The standard InChI is InChI=1S/C28H26N4O6/c1-28(27(35)38-2)17-22(18-13-15-21(16-14-18)32(36)37)30-24(19-9-5-3-6-10-19)23(26(34)31(28)30)29-25(33)20-11-7-4-8-12-20/h3-16,22-24H,17H2,1-2H3,(H,29,33)/t22-,23-,24-,28-/m1/s1. The van der Waals surface area contributed by atoms with Crippen LogP contribution < -0.4 is 5.32 Å². The van der Waals surface area contributed by atoms with Crippen LogP contribution in [0.3, 0.4) is 0 Å². The summed E-state index contributed by atoms with van der Waals surface area (Å²) in [6, 6.07) is 21.8. The minimum Gasteiger partial charge on any atom is -0.467 e. The first-order valence-electron chi connectivity index (χ1n) is 12.1. The molecule has 4 atom stereocenters. The number of ether oxygens (including phenoxy) is 1. The number of nitrogens with one attached hydrogen (secondary N) is 1. The largest absolute Gasteiger partial charge is 0.467 e. The summed E-state index contributed by atoms with van der Waals surface area (Å²) in [6.07, 6.45) is 0.200. The first-order chi connectivity index (χ1) is 18.3. The molecule has 1 N–H and O–H groups in total. The Kier molecular flexibility index (Phi) is 6.41. The van der Waals surface area contributed by atoms with E-state index in [1.807, 2.05) is 35.3 Å². The minimum absolute atomic E-state index is 0.0653. The molecule has 2 aliphatic heterocycles. The third-order valence-electron chi connectivity index (χ3n) is 7.26. The fourth-order valence-electron chi connectivity index (χ4n) is 5.47. The maximum Gasteiger partial charge on any atom is 0.333 e. The highest BCUT2D eigenvalue weighted by molar-refractivity contribution is 6.00. The number of esters is 1. The van der Waals surface area contributed by atoms with Crippen molar-refractivity contribution < 1.29 is 24.0 Å². The summed E-state index contributed by atoms with van der Waals surface area (Å²) in [7, 11) is 1.26. The van der Waals surface area contributed by atoms with Gasteiger partial charge in [-0.1, -0.05) is 60.7 Å². The molecule has 0 bridgehead atoms. The molecule has 0 spiro atoms.